The van der Waals surface area contributed by atoms with Crippen molar-refractivity contribution in [2.24, 2.45) is 29.6 Å². The number of urea groups is 1. The van der Waals surface area contributed by atoms with Gasteiger partial charge in [0.25, 0.3) is 5.91 Å². The highest BCUT2D eigenvalue weighted by molar-refractivity contribution is 14.1. The molecular weight excluding hydrogens is 1260 g/mol. The zero-order valence-corrected chi connectivity index (χ0v) is 53.8. The van der Waals surface area contributed by atoms with Gasteiger partial charge in [-0.1, -0.05) is 44.0 Å². The first-order chi connectivity index (χ1) is 39.1. The van der Waals surface area contributed by atoms with E-state index in [1.54, 1.807) is 72.5 Å². The maximum atomic E-state index is 15.3. The Kier molecular flexibility index (Phi) is 22.8. The van der Waals surface area contributed by atoms with Crippen molar-refractivity contribution >= 4 is 92.9 Å². The van der Waals surface area contributed by atoms with Gasteiger partial charge < -0.3 is 77.4 Å². The number of Topliss-reactive ketones (excluding diaryl/α,β-unsaturated/α-hetero) is 1. The minimum absolute atomic E-state index is 0.0126. The number of ketones is 1. The molecule has 83 heavy (non-hydrogen) atoms. The molecule has 5 aliphatic rings. The summed E-state index contributed by atoms with van der Waals surface area (Å²) in [5.74, 6) is -5.92. The SMILES string of the molecule is COc1ccc(C(=O)Nc2c(Cl)cncc2Cl)cc1OCCSC1C(=O)O[C@@]2(C)[C@H]1[C@@H](C)C(=O)[C@H](C)C[C@@](C)(OC)[C@H](O[C@@H]1O[C@H](C)C[C@H](N(C)C(=O)N3CCOCC3)[C@H]1O)[C@@H](C)[C@H](O[C@H]1C[C@@](C)(OC)[C@@H](O)[C@H](C)O1)[C@@H](C)C(=O)O[C@@H]2I. The van der Waals surface area contributed by atoms with Crippen LogP contribution in [0.5, 0.6) is 11.5 Å². The third-order valence-corrected chi connectivity index (χ3v) is 20.5. The number of fused-ring (bicyclic) bond motifs is 1. The van der Waals surface area contributed by atoms with Crippen LogP contribution in [0.2, 0.25) is 10.0 Å². The van der Waals surface area contributed by atoms with E-state index in [0.29, 0.717) is 32.1 Å². The highest BCUT2D eigenvalue weighted by atomic mass is 127. The number of amides is 3. The molecule has 19 atom stereocenters. The fourth-order valence-corrected chi connectivity index (χ4v) is 14.8. The molecule has 464 valence electrons. The van der Waals surface area contributed by atoms with Crippen LogP contribution in [0.4, 0.5) is 10.5 Å². The molecule has 6 heterocycles. The molecule has 1 aromatic carbocycles. The first kappa shape index (κ1) is 67.1. The van der Waals surface area contributed by atoms with E-state index >= 15 is 9.59 Å². The number of nitrogens with zero attached hydrogens (tertiary/aromatic N) is 3. The Bertz CT molecular complexity index is 2610. The lowest BCUT2D eigenvalue weighted by atomic mass is 9.72. The predicted molar refractivity (Wildman–Crippen MR) is 315 cm³/mol. The molecule has 5 fully saturated rings. The number of anilines is 1. The van der Waals surface area contributed by atoms with Crippen LogP contribution in [-0.4, -0.2) is 203 Å². The van der Waals surface area contributed by atoms with E-state index < -0.39 is 129 Å². The molecule has 26 heteroatoms. The number of aliphatic hydroxyl groups excluding tert-OH is 2. The second-order valence-corrected chi connectivity index (χ2v) is 26.2. The average Bonchev–Trinajstić information content (AvgIpc) is 4.04. The number of ether oxygens (including phenoxy) is 11. The molecule has 0 saturated carbocycles. The van der Waals surface area contributed by atoms with Crippen molar-refractivity contribution in [3.8, 4) is 11.5 Å². The number of aliphatic hydroxyl groups is 2. The van der Waals surface area contributed by atoms with Gasteiger partial charge in [0.2, 0.25) is 0 Å². The van der Waals surface area contributed by atoms with Crippen molar-refractivity contribution in [1.29, 1.82) is 0 Å². The van der Waals surface area contributed by atoms with Crippen LogP contribution in [0, 0.1) is 29.6 Å². The third-order valence-electron chi connectivity index (χ3n) is 17.2. The number of carbonyl (C=O) groups is 5. The Hall–Kier alpha value is -3.38. The maximum absolute atomic E-state index is 15.3. The van der Waals surface area contributed by atoms with Gasteiger partial charge >= 0.3 is 18.0 Å². The molecule has 22 nitrogen and oxygen atoms in total. The van der Waals surface area contributed by atoms with E-state index in [9.17, 15) is 24.6 Å². The number of cyclic esters (lactones) is 1. The molecule has 1 unspecified atom stereocenters. The number of pyridine rings is 1. The largest absolute Gasteiger partial charge is 0.493 e. The Morgan fingerprint density at radius 2 is 1.57 bits per heavy atom. The van der Waals surface area contributed by atoms with Crippen molar-refractivity contribution in [1.82, 2.24) is 14.8 Å². The number of nitrogens with one attached hydrogen (secondary N) is 1. The molecule has 3 amide bonds. The molecule has 5 aliphatic heterocycles. The van der Waals surface area contributed by atoms with Gasteiger partial charge in [0.1, 0.15) is 23.2 Å². The van der Waals surface area contributed by atoms with Gasteiger partial charge in [0, 0.05) is 88.2 Å². The molecular formula is C57H81Cl2IN4O18S. The zero-order valence-electron chi connectivity index (χ0n) is 49.3. The average molecular weight is 1340 g/mol. The van der Waals surface area contributed by atoms with Crippen molar-refractivity contribution in [3.63, 3.8) is 0 Å². The number of halogens is 3. The van der Waals surface area contributed by atoms with E-state index in [4.69, 9.17) is 75.3 Å². The number of benzene rings is 1. The summed E-state index contributed by atoms with van der Waals surface area (Å²) in [5, 5.41) is 25.6. The fourth-order valence-electron chi connectivity index (χ4n) is 12.3. The van der Waals surface area contributed by atoms with Gasteiger partial charge in [-0.15, -0.1) is 11.8 Å². The van der Waals surface area contributed by atoms with E-state index in [0.717, 1.165) is 0 Å². The zero-order chi connectivity index (χ0) is 61.0. The molecule has 0 radical (unpaired) electrons. The summed E-state index contributed by atoms with van der Waals surface area (Å²) in [6.07, 6.45) is -5.32. The quantitative estimate of drug-likeness (QED) is 0.0689. The van der Waals surface area contributed by atoms with E-state index in [1.165, 1.54) is 56.5 Å². The normalized spacial score (nSPS) is 37.4. The molecule has 1 aromatic heterocycles. The number of morpholine rings is 1. The van der Waals surface area contributed by atoms with E-state index in [2.05, 4.69) is 10.3 Å². The van der Waals surface area contributed by atoms with Crippen LogP contribution >= 0.6 is 57.6 Å². The number of rotatable bonds is 15. The van der Waals surface area contributed by atoms with E-state index in [1.807, 2.05) is 36.4 Å². The standard InChI is InChI=1S/C57H81Cl2IN4O18S/c1-28-24-56(8,74-13)48(80-52-44(66)37(22-29(2)77-52)63(10)54(71)64-16-18-75-19-17-64)31(4)45(79-40-25-55(7,73-12)47(67)33(6)78-40)32(5)50(69)81-53(60)57(9)41(30(3)43(28)65)46(51(70)82-57)83-21-20-76-39-23-34(14-15-38(39)72-11)49(68)62-42-35(58)26-61-27-36(42)59/h14-15,23,26-33,37,40-41,44-48,52-53,66-67H,16-22,24-25H2,1-13H3,(H,61,62,68)/t28-,29-,30-,31+,32-,33+,37+,40+,41+,44-,45+,46?,47+,48-,52+,53+,55-,56-,57+/m1/s1. The van der Waals surface area contributed by atoms with Gasteiger partial charge in [-0.25, -0.2) is 4.79 Å². The molecule has 0 spiro atoms. The smallest absolute Gasteiger partial charge is 0.320 e. The number of hydrogen-bond donors (Lipinski definition) is 3. The number of thioether (sulfide) groups is 1. The highest BCUT2D eigenvalue weighted by Crippen LogP contribution is 2.50. The minimum Gasteiger partial charge on any atom is -0.493 e. The first-order valence-electron chi connectivity index (χ1n) is 27.9. The van der Waals surface area contributed by atoms with Gasteiger partial charge in [-0.3, -0.25) is 24.2 Å². The molecule has 2 aromatic rings. The summed E-state index contributed by atoms with van der Waals surface area (Å²) in [6.45, 7) is 17.2. The topological polar surface area (TPSA) is 259 Å². The lowest BCUT2D eigenvalue weighted by Crippen LogP contribution is -2.62. The number of likely N-dealkylation sites (N-methyl/N-ethyl adjacent to an activating group) is 1. The molecule has 5 saturated heterocycles. The minimum atomic E-state index is -1.55. The number of esters is 2. The number of aromatic nitrogens is 1. The molecule has 0 bridgehead atoms. The first-order valence-corrected chi connectivity index (χ1v) is 31.0. The van der Waals surface area contributed by atoms with Crippen molar-refractivity contribution < 1.29 is 86.3 Å². The Morgan fingerprint density at radius 3 is 2.20 bits per heavy atom. The van der Waals surface area contributed by atoms with Crippen molar-refractivity contribution in [2.75, 3.05) is 72.4 Å². The number of carbonyl (C=O) groups excluding carboxylic acids is 5. The van der Waals surface area contributed by atoms with Crippen LogP contribution < -0.4 is 14.8 Å². The highest BCUT2D eigenvalue weighted by Gasteiger charge is 2.62. The lowest BCUT2D eigenvalue weighted by Gasteiger charge is -2.50. The lowest BCUT2D eigenvalue weighted by molar-refractivity contribution is -0.318. The Labute approximate surface area is 513 Å². The Balaban J connectivity index is 1.20. The Morgan fingerprint density at radius 1 is 0.904 bits per heavy atom. The molecule has 0 aliphatic carbocycles. The van der Waals surface area contributed by atoms with Crippen LogP contribution in [-0.2, 0) is 57.0 Å². The van der Waals surface area contributed by atoms with Crippen molar-refractivity contribution in [3.05, 3.63) is 46.2 Å². The van der Waals surface area contributed by atoms with Crippen LogP contribution in [0.3, 0.4) is 0 Å². The summed E-state index contributed by atoms with van der Waals surface area (Å²) < 4.78 is 67.8. The van der Waals surface area contributed by atoms with E-state index in [-0.39, 0.29) is 70.5 Å². The number of methoxy groups -OCH3 is 3. The maximum Gasteiger partial charge on any atom is 0.320 e. The van der Waals surface area contributed by atoms with Gasteiger partial charge in [-0.05, 0) is 95.2 Å². The molecule has 7 rings (SSSR count). The van der Waals surface area contributed by atoms with Crippen LogP contribution in [0.1, 0.15) is 91.9 Å². The third kappa shape index (κ3) is 14.6. The fraction of sp³-hybridized carbons (Fsp3) is 0.719. The monoisotopic (exact) mass is 1340 g/mol. The van der Waals surface area contributed by atoms with Crippen LogP contribution in [0.25, 0.3) is 0 Å². The second kappa shape index (κ2) is 28.2. The van der Waals surface area contributed by atoms with Crippen LogP contribution in [0.15, 0.2) is 30.6 Å². The molecule has 3 N–H and O–H groups in total. The van der Waals surface area contributed by atoms with Gasteiger partial charge in [-0.2, -0.15) is 0 Å². The van der Waals surface area contributed by atoms with Crippen molar-refractivity contribution in [2.45, 2.75) is 163 Å². The summed E-state index contributed by atoms with van der Waals surface area (Å²) in [5.41, 5.74) is -3.70. The summed E-state index contributed by atoms with van der Waals surface area (Å²) in [4.78, 5) is 79.1. The second-order valence-electron chi connectivity index (χ2n) is 23.0. The predicted octanol–water partition coefficient (Wildman–Crippen LogP) is 7.21. The van der Waals surface area contributed by atoms with Gasteiger partial charge in [0.05, 0.1) is 90.2 Å². The summed E-state index contributed by atoms with van der Waals surface area (Å²) >= 11 is 15.7. The number of hydrogen-bond acceptors (Lipinski definition) is 20. The summed E-state index contributed by atoms with van der Waals surface area (Å²) in [7, 11) is 6.06. The summed E-state index contributed by atoms with van der Waals surface area (Å²) in [6, 6.07) is 3.58. The van der Waals surface area contributed by atoms with Gasteiger partial charge in [0.15, 0.2) is 33.8 Å². The number of alkyl halides is 1.